The highest BCUT2D eigenvalue weighted by atomic mass is 32.1. The Balaban J connectivity index is 1.28. The Kier molecular flexibility index (Phi) is 5.49. The number of hydrogen-bond acceptors (Lipinski definition) is 7. The van der Waals surface area contributed by atoms with Crippen LogP contribution in [0.2, 0.25) is 0 Å². The van der Waals surface area contributed by atoms with Gasteiger partial charge in [-0.15, -0.1) is 11.3 Å². The molecule has 3 aliphatic rings. The number of ether oxygens (including phenoxy) is 1. The summed E-state index contributed by atoms with van der Waals surface area (Å²) in [6.45, 7) is 5.39. The molecule has 3 aliphatic heterocycles. The molecule has 12 heteroatoms. The molecule has 0 bridgehead atoms. The molecule has 2 amide bonds. The Labute approximate surface area is 192 Å². The summed E-state index contributed by atoms with van der Waals surface area (Å²) in [7, 11) is 1.43. The van der Waals surface area contributed by atoms with Crippen LogP contribution >= 0.6 is 11.3 Å². The van der Waals surface area contributed by atoms with Crippen molar-refractivity contribution >= 4 is 39.2 Å². The second-order valence-electron chi connectivity index (χ2n) is 8.93. The first-order valence-corrected chi connectivity index (χ1v) is 11.6. The van der Waals surface area contributed by atoms with E-state index in [4.69, 9.17) is 4.74 Å². The van der Waals surface area contributed by atoms with Crippen LogP contribution in [0.1, 0.15) is 15.9 Å². The molecule has 5 rings (SSSR count). The average molecular weight is 484 g/mol. The van der Waals surface area contributed by atoms with Crippen molar-refractivity contribution in [2.45, 2.75) is 6.18 Å². The van der Waals surface area contributed by atoms with Crippen molar-refractivity contribution in [2.75, 3.05) is 71.0 Å². The number of aromatic nitrogens is 1. The summed E-state index contributed by atoms with van der Waals surface area (Å²) in [5.41, 5.74) is -0.669. The first-order valence-electron chi connectivity index (χ1n) is 10.7. The summed E-state index contributed by atoms with van der Waals surface area (Å²) in [5.74, 6) is -0.178. The molecule has 0 saturated carbocycles. The molecule has 2 aromatic heterocycles. The molecule has 178 valence electrons. The number of thiophene rings is 1. The van der Waals surface area contributed by atoms with Gasteiger partial charge in [-0.3, -0.25) is 14.5 Å². The minimum atomic E-state index is -4.55. The highest BCUT2D eigenvalue weighted by Gasteiger charge is 2.53. The van der Waals surface area contributed by atoms with Crippen molar-refractivity contribution in [3.63, 3.8) is 0 Å². The van der Waals surface area contributed by atoms with E-state index in [1.807, 2.05) is 4.90 Å². The standard InChI is InChI=1S/C21H24F3N5O3S/c1-25-19(31)13-8-33-18-14(21(22,23)24)6-15(26-17(13)18)28-9-20(10-28)11-29(12-20)16(30)7-27-2-4-32-5-3-27/h6,8H,2-5,7,9-12H2,1H3,(H,25,31). The summed E-state index contributed by atoms with van der Waals surface area (Å²) >= 11 is 0.872. The summed E-state index contributed by atoms with van der Waals surface area (Å²) in [4.78, 5) is 34.8. The van der Waals surface area contributed by atoms with Crippen LogP contribution in [0, 0.1) is 5.41 Å². The van der Waals surface area contributed by atoms with Gasteiger partial charge in [-0.25, -0.2) is 4.98 Å². The van der Waals surface area contributed by atoms with Crippen LogP contribution in [-0.4, -0.2) is 92.7 Å². The number of pyridine rings is 1. The molecule has 0 radical (unpaired) electrons. The van der Waals surface area contributed by atoms with E-state index in [1.165, 1.54) is 12.4 Å². The zero-order chi connectivity index (χ0) is 23.4. The highest BCUT2D eigenvalue weighted by Crippen LogP contribution is 2.45. The van der Waals surface area contributed by atoms with Crippen molar-refractivity contribution < 1.29 is 27.5 Å². The van der Waals surface area contributed by atoms with E-state index in [0.717, 1.165) is 30.5 Å². The lowest BCUT2D eigenvalue weighted by molar-refractivity contribution is -0.147. The van der Waals surface area contributed by atoms with Crippen molar-refractivity contribution in [2.24, 2.45) is 5.41 Å². The Hall–Kier alpha value is -2.44. The van der Waals surface area contributed by atoms with Crippen LogP contribution in [0.25, 0.3) is 10.2 Å². The van der Waals surface area contributed by atoms with Crippen LogP contribution in [0.3, 0.4) is 0 Å². The predicted molar refractivity (Wildman–Crippen MR) is 116 cm³/mol. The maximum atomic E-state index is 13.7. The fourth-order valence-corrected chi connectivity index (χ4v) is 5.80. The molecular formula is C21H24F3N5O3S. The molecule has 3 saturated heterocycles. The SMILES string of the molecule is CNC(=O)c1csc2c(C(F)(F)F)cc(N3CC4(CN(C(=O)CN5CCOCC5)C4)C3)nc12. The van der Waals surface area contributed by atoms with Crippen LogP contribution < -0.4 is 10.2 Å². The number of likely N-dealkylation sites (tertiary alicyclic amines) is 1. The normalized spacial score (nSPS) is 20.6. The lowest BCUT2D eigenvalue weighted by atomic mass is 9.72. The Morgan fingerprint density at radius 2 is 1.91 bits per heavy atom. The topological polar surface area (TPSA) is 78.0 Å². The van der Waals surface area contributed by atoms with Crippen molar-refractivity contribution in [1.29, 1.82) is 0 Å². The van der Waals surface area contributed by atoms with Gasteiger partial charge in [-0.1, -0.05) is 0 Å². The summed E-state index contributed by atoms with van der Waals surface area (Å²) < 4.78 is 46.5. The first kappa shape index (κ1) is 22.4. The third-order valence-electron chi connectivity index (χ3n) is 6.53. The predicted octanol–water partition coefficient (Wildman–Crippen LogP) is 1.66. The molecule has 1 N–H and O–H groups in total. The van der Waals surface area contributed by atoms with Gasteiger partial charge in [-0.2, -0.15) is 13.2 Å². The van der Waals surface area contributed by atoms with Gasteiger partial charge in [0.2, 0.25) is 5.91 Å². The molecular weight excluding hydrogens is 459 g/mol. The zero-order valence-corrected chi connectivity index (χ0v) is 18.9. The van der Waals surface area contributed by atoms with Crippen LogP contribution in [0.5, 0.6) is 0 Å². The average Bonchev–Trinajstić information content (AvgIpc) is 3.14. The summed E-state index contributed by atoms with van der Waals surface area (Å²) in [6, 6.07) is 1.07. The number of carbonyl (C=O) groups excluding carboxylic acids is 2. The Bertz CT molecular complexity index is 1080. The Morgan fingerprint density at radius 1 is 1.21 bits per heavy atom. The van der Waals surface area contributed by atoms with Crippen molar-refractivity contribution in [1.82, 2.24) is 20.1 Å². The van der Waals surface area contributed by atoms with Gasteiger partial charge in [0, 0.05) is 57.1 Å². The summed E-state index contributed by atoms with van der Waals surface area (Å²) in [6.07, 6.45) is -4.55. The molecule has 1 spiro atoms. The van der Waals surface area contributed by atoms with Gasteiger partial charge in [0.15, 0.2) is 0 Å². The molecule has 0 unspecified atom stereocenters. The van der Waals surface area contributed by atoms with E-state index in [2.05, 4.69) is 15.2 Å². The largest absolute Gasteiger partial charge is 0.417 e. The lowest BCUT2D eigenvalue weighted by Crippen LogP contribution is -2.73. The minimum absolute atomic E-state index is 0.0383. The second kappa shape index (κ2) is 8.10. The van der Waals surface area contributed by atoms with Crippen molar-refractivity contribution in [3.8, 4) is 0 Å². The zero-order valence-electron chi connectivity index (χ0n) is 18.1. The smallest absolute Gasteiger partial charge is 0.379 e. The maximum absolute atomic E-state index is 13.7. The monoisotopic (exact) mass is 483 g/mol. The maximum Gasteiger partial charge on any atom is 0.417 e. The molecule has 0 aliphatic carbocycles. The van der Waals surface area contributed by atoms with Gasteiger partial charge in [0.05, 0.1) is 41.1 Å². The van der Waals surface area contributed by atoms with E-state index in [-0.39, 0.29) is 32.9 Å². The quantitative estimate of drug-likeness (QED) is 0.713. The first-order chi connectivity index (χ1) is 15.7. The molecule has 2 aromatic rings. The van der Waals surface area contributed by atoms with Crippen LogP contribution in [0.4, 0.5) is 19.0 Å². The molecule has 0 aromatic carbocycles. The number of nitrogens with zero attached hydrogens (tertiary/aromatic N) is 4. The fraction of sp³-hybridized carbons (Fsp3) is 0.571. The second-order valence-corrected chi connectivity index (χ2v) is 9.81. The molecule has 5 heterocycles. The third kappa shape index (κ3) is 4.04. The van der Waals surface area contributed by atoms with Gasteiger partial charge < -0.3 is 19.9 Å². The van der Waals surface area contributed by atoms with Gasteiger partial charge in [0.1, 0.15) is 5.82 Å². The number of alkyl halides is 3. The number of rotatable bonds is 4. The van der Waals surface area contributed by atoms with Gasteiger partial charge >= 0.3 is 6.18 Å². The van der Waals surface area contributed by atoms with E-state index in [0.29, 0.717) is 45.9 Å². The van der Waals surface area contributed by atoms with Crippen LogP contribution in [0.15, 0.2) is 11.4 Å². The molecule has 8 nitrogen and oxygen atoms in total. The van der Waals surface area contributed by atoms with E-state index < -0.39 is 17.6 Å². The molecule has 3 fully saturated rings. The third-order valence-corrected chi connectivity index (χ3v) is 7.53. The molecule has 0 atom stereocenters. The number of morpholine rings is 1. The van der Waals surface area contributed by atoms with E-state index in [1.54, 1.807) is 4.90 Å². The molecule has 33 heavy (non-hydrogen) atoms. The van der Waals surface area contributed by atoms with Gasteiger partial charge in [-0.05, 0) is 6.07 Å². The number of anilines is 1. The van der Waals surface area contributed by atoms with Crippen molar-refractivity contribution in [3.05, 3.63) is 22.6 Å². The number of halogens is 3. The fourth-order valence-electron chi connectivity index (χ4n) is 4.78. The summed E-state index contributed by atoms with van der Waals surface area (Å²) in [5, 5.41) is 3.87. The van der Waals surface area contributed by atoms with E-state index >= 15 is 0 Å². The van der Waals surface area contributed by atoms with E-state index in [9.17, 15) is 22.8 Å². The Morgan fingerprint density at radius 3 is 2.55 bits per heavy atom. The van der Waals surface area contributed by atoms with Crippen LogP contribution in [-0.2, 0) is 15.7 Å². The number of fused-ring (bicyclic) bond motifs is 1. The van der Waals surface area contributed by atoms with Gasteiger partial charge in [0.25, 0.3) is 5.91 Å². The lowest BCUT2D eigenvalue weighted by Gasteiger charge is -2.60. The highest BCUT2D eigenvalue weighted by molar-refractivity contribution is 7.17. The number of amides is 2. The number of hydrogen-bond donors (Lipinski definition) is 1. The number of carbonyl (C=O) groups is 2. The number of nitrogens with one attached hydrogen (secondary N) is 1. The minimum Gasteiger partial charge on any atom is -0.379 e.